The second-order valence-electron chi connectivity index (χ2n) is 8.38. The van der Waals surface area contributed by atoms with E-state index in [0.29, 0.717) is 17.9 Å². The fourth-order valence-corrected chi connectivity index (χ4v) is 4.36. The standard InChI is InChI=1S/C23H28N2O7S/c1-15(26)14-31-19-10-8-17(9-11-19)16-4-6-18(7-5-16)21-12-20(32-25-21)13-23(2,22(27)24-28)33(3,29)30/h4-11,15,20,26,28H,12-14H2,1-3H3,(H,24,27)/t15-,20-,23?/m1/s1. The lowest BCUT2D eigenvalue weighted by Crippen LogP contribution is -2.51. The second-order valence-corrected chi connectivity index (χ2v) is 10.8. The van der Waals surface area contributed by atoms with Gasteiger partial charge in [-0.1, -0.05) is 41.6 Å². The van der Waals surface area contributed by atoms with E-state index in [9.17, 15) is 18.3 Å². The summed E-state index contributed by atoms with van der Waals surface area (Å²) in [6.07, 6.45) is -0.0217. The van der Waals surface area contributed by atoms with Crippen LogP contribution in [0.3, 0.4) is 0 Å². The SMILES string of the molecule is C[C@@H](O)COc1ccc(-c2ccc(C3=NO[C@@H](CC(C)(C(=O)NO)S(C)(=O)=O)C3)cc2)cc1. The molecule has 0 saturated heterocycles. The zero-order chi connectivity index (χ0) is 24.2. The van der Waals surface area contributed by atoms with Crippen LogP contribution in [0.5, 0.6) is 5.75 Å². The van der Waals surface area contributed by atoms with Crippen molar-refractivity contribution in [1.29, 1.82) is 0 Å². The van der Waals surface area contributed by atoms with Gasteiger partial charge >= 0.3 is 0 Å². The van der Waals surface area contributed by atoms with Crippen LogP contribution >= 0.6 is 0 Å². The number of amides is 1. The molecular weight excluding hydrogens is 448 g/mol. The minimum atomic E-state index is -3.82. The molecule has 0 fully saturated rings. The number of hydroxylamine groups is 1. The molecule has 0 aromatic heterocycles. The van der Waals surface area contributed by atoms with E-state index < -0.39 is 32.7 Å². The third kappa shape index (κ3) is 5.70. The summed E-state index contributed by atoms with van der Waals surface area (Å²) in [5.41, 5.74) is 4.89. The first kappa shape index (κ1) is 24.7. The van der Waals surface area contributed by atoms with Crippen molar-refractivity contribution in [2.75, 3.05) is 12.9 Å². The Morgan fingerprint density at radius 1 is 1.18 bits per heavy atom. The predicted molar refractivity (Wildman–Crippen MR) is 123 cm³/mol. The van der Waals surface area contributed by atoms with Gasteiger partial charge in [-0.05, 0) is 42.7 Å². The molecule has 0 bridgehead atoms. The highest BCUT2D eigenvalue weighted by Gasteiger charge is 2.47. The van der Waals surface area contributed by atoms with Crippen LogP contribution in [0.2, 0.25) is 0 Å². The topological polar surface area (TPSA) is 135 Å². The van der Waals surface area contributed by atoms with Gasteiger partial charge in [0, 0.05) is 19.1 Å². The molecule has 33 heavy (non-hydrogen) atoms. The van der Waals surface area contributed by atoms with Crippen molar-refractivity contribution >= 4 is 21.5 Å². The van der Waals surface area contributed by atoms with E-state index in [1.165, 1.54) is 12.4 Å². The van der Waals surface area contributed by atoms with E-state index in [0.717, 1.165) is 22.9 Å². The number of hydrogen-bond acceptors (Lipinski definition) is 8. The minimum Gasteiger partial charge on any atom is -0.491 e. The molecule has 0 saturated carbocycles. The Morgan fingerprint density at radius 3 is 2.24 bits per heavy atom. The molecule has 3 rings (SSSR count). The number of ether oxygens (including phenoxy) is 1. The zero-order valence-electron chi connectivity index (χ0n) is 18.7. The lowest BCUT2D eigenvalue weighted by atomic mass is 9.95. The smallest absolute Gasteiger partial charge is 0.264 e. The van der Waals surface area contributed by atoms with Gasteiger partial charge < -0.3 is 14.7 Å². The van der Waals surface area contributed by atoms with Crippen molar-refractivity contribution in [2.24, 2.45) is 5.16 Å². The summed E-state index contributed by atoms with van der Waals surface area (Å²) < 4.78 is 28.0. The Balaban J connectivity index is 1.66. The van der Waals surface area contributed by atoms with E-state index >= 15 is 0 Å². The summed E-state index contributed by atoms with van der Waals surface area (Å²) in [5.74, 6) is -0.329. The van der Waals surface area contributed by atoms with Crippen LogP contribution in [0.4, 0.5) is 0 Å². The van der Waals surface area contributed by atoms with Crippen molar-refractivity contribution in [3.05, 3.63) is 54.1 Å². The predicted octanol–water partition coefficient (Wildman–Crippen LogP) is 2.30. The van der Waals surface area contributed by atoms with Crippen LogP contribution in [-0.2, 0) is 19.5 Å². The van der Waals surface area contributed by atoms with E-state index in [2.05, 4.69) is 5.16 Å². The largest absolute Gasteiger partial charge is 0.491 e. The molecule has 10 heteroatoms. The first-order valence-electron chi connectivity index (χ1n) is 10.4. The summed E-state index contributed by atoms with van der Waals surface area (Å²) in [4.78, 5) is 17.4. The fourth-order valence-electron chi connectivity index (χ4n) is 3.49. The molecule has 0 radical (unpaired) electrons. The van der Waals surface area contributed by atoms with Gasteiger partial charge in [0.05, 0.1) is 11.8 Å². The van der Waals surface area contributed by atoms with Crippen LogP contribution in [0.25, 0.3) is 11.1 Å². The van der Waals surface area contributed by atoms with E-state index in [-0.39, 0.29) is 13.0 Å². The average Bonchev–Trinajstić information content (AvgIpc) is 3.25. The molecule has 2 aromatic rings. The maximum atomic E-state index is 12.2. The first-order chi connectivity index (χ1) is 15.5. The molecule has 1 amide bonds. The van der Waals surface area contributed by atoms with E-state index in [1.54, 1.807) is 6.92 Å². The molecule has 9 nitrogen and oxygen atoms in total. The highest BCUT2D eigenvalue weighted by Crippen LogP contribution is 2.30. The Bertz CT molecular complexity index is 1110. The van der Waals surface area contributed by atoms with Crippen LogP contribution < -0.4 is 10.2 Å². The Labute approximate surface area is 192 Å². The maximum Gasteiger partial charge on any atom is 0.264 e. The molecule has 178 valence electrons. The summed E-state index contributed by atoms with van der Waals surface area (Å²) in [7, 11) is -3.82. The molecule has 2 aromatic carbocycles. The van der Waals surface area contributed by atoms with Gasteiger partial charge in [-0.15, -0.1) is 0 Å². The number of oxime groups is 1. The molecular formula is C23H28N2O7S. The number of hydrogen-bond donors (Lipinski definition) is 3. The van der Waals surface area contributed by atoms with Crippen molar-refractivity contribution in [1.82, 2.24) is 5.48 Å². The molecule has 1 aliphatic heterocycles. The highest BCUT2D eigenvalue weighted by molar-refractivity contribution is 7.92. The van der Waals surface area contributed by atoms with Crippen molar-refractivity contribution in [3.63, 3.8) is 0 Å². The molecule has 1 unspecified atom stereocenters. The number of aliphatic hydroxyl groups excluding tert-OH is 1. The molecule has 0 aliphatic carbocycles. The molecule has 3 atom stereocenters. The third-order valence-electron chi connectivity index (χ3n) is 5.65. The van der Waals surface area contributed by atoms with Crippen LogP contribution in [0.15, 0.2) is 53.7 Å². The number of carbonyl (C=O) groups excluding carboxylic acids is 1. The Hall–Kier alpha value is -2.95. The number of carbonyl (C=O) groups is 1. The van der Waals surface area contributed by atoms with Crippen LogP contribution in [0, 0.1) is 0 Å². The quantitative estimate of drug-likeness (QED) is 0.373. The van der Waals surface area contributed by atoms with E-state index in [4.69, 9.17) is 14.8 Å². The van der Waals surface area contributed by atoms with Gasteiger partial charge in [0.2, 0.25) is 0 Å². The van der Waals surface area contributed by atoms with E-state index in [1.807, 2.05) is 48.5 Å². The number of sulfone groups is 1. The molecule has 0 spiro atoms. The number of nitrogens with zero attached hydrogens (tertiary/aromatic N) is 1. The lowest BCUT2D eigenvalue weighted by molar-refractivity contribution is -0.132. The number of aliphatic hydroxyl groups is 1. The van der Waals surface area contributed by atoms with Crippen molar-refractivity contribution in [2.45, 2.75) is 43.6 Å². The van der Waals surface area contributed by atoms with Gasteiger partial charge in [-0.2, -0.15) is 0 Å². The minimum absolute atomic E-state index is 0.146. The molecule has 1 heterocycles. The van der Waals surface area contributed by atoms with Gasteiger partial charge in [0.15, 0.2) is 14.6 Å². The lowest BCUT2D eigenvalue weighted by Gasteiger charge is -2.26. The maximum absolute atomic E-state index is 12.2. The van der Waals surface area contributed by atoms with Gasteiger partial charge in [0.1, 0.15) is 18.5 Å². The van der Waals surface area contributed by atoms with Crippen LogP contribution in [-0.4, -0.2) is 60.2 Å². The molecule has 3 N–H and O–H groups in total. The first-order valence-corrected chi connectivity index (χ1v) is 12.3. The number of nitrogens with one attached hydrogen (secondary N) is 1. The number of rotatable bonds is 9. The monoisotopic (exact) mass is 476 g/mol. The Kier molecular flexibility index (Phi) is 7.41. The summed E-state index contributed by atoms with van der Waals surface area (Å²) in [6, 6.07) is 15.2. The zero-order valence-corrected chi connectivity index (χ0v) is 19.5. The fraction of sp³-hybridized carbons (Fsp3) is 0.391. The normalized spacial score (nSPS) is 18.6. The summed E-state index contributed by atoms with van der Waals surface area (Å²) in [5, 5.41) is 22.4. The Morgan fingerprint density at radius 2 is 1.73 bits per heavy atom. The average molecular weight is 477 g/mol. The highest BCUT2D eigenvalue weighted by atomic mass is 32.2. The van der Waals surface area contributed by atoms with Crippen LogP contribution in [0.1, 0.15) is 32.3 Å². The van der Waals surface area contributed by atoms with Crippen molar-refractivity contribution in [3.8, 4) is 16.9 Å². The van der Waals surface area contributed by atoms with Crippen molar-refractivity contribution < 1.29 is 33.1 Å². The van der Waals surface area contributed by atoms with Gasteiger partial charge in [-0.25, -0.2) is 13.9 Å². The second kappa shape index (κ2) is 9.90. The molecule has 1 aliphatic rings. The third-order valence-corrected chi connectivity index (χ3v) is 7.64. The van der Waals surface area contributed by atoms with Gasteiger partial charge in [0.25, 0.3) is 5.91 Å². The van der Waals surface area contributed by atoms with Gasteiger partial charge in [-0.3, -0.25) is 10.0 Å². The summed E-state index contributed by atoms with van der Waals surface area (Å²) >= 11 is 0. The number of benzene rings is 2. The summed E-state index contributed by atoms with van der Waals surface area (Å²) in [6.45, 7) is 3.14.